The lowest BCUT2D eigenvalue weighted by Gasteiger charge is -2.05. The van der Waals surface area contributed by atoms with Crippen molar-refractivity contribution in [3.63, 3.8) is 0 Å². The van der Waals surface area contributed by atoms with E-state index < -0.39 is 16.1 Å². The fourth-order valence-corrected chi connectivity index (χ4v) is 4.22. The summed E-state index contributed by atoms with van der Waals surface area (Å²) in [6, 6.07) is 12.3. The zero-order valence-electron chi connectivity index (χ0n) is 16.9. The number of anilines is 2. The summed E-state index contributed by atoms with van der Waals surface area (Å²) in [5, 5.41) is 14.0. The van der Waals surface area contributed by atoms with E-state index in [0.29, 0.717) is 34.2 Å². The van der Waals surface area contributed by atoms with Crippen LogP contribution < -0.4 is 21.1 Å². The van der Waals surface area contributed by atoms with Crippen molar-refractivity contribution in [3.05, 3.63) is 69.7 Å². The van der Waals surface area contributed by atoms with Crippen LogP contribution in [0.3, 0.4) is 0 Å². The van der Waals surface area contributed by atoms with Crippen LogP contribution in [-0.4, -0.2) is 31.9 Å². The van der Waals surface area contributed by atoms with Crippen LogP contribution in [0.25, 0.3) is 0 Å². The molecule has 12 heteroatoms. The maximum atomic E-state index is 12.5. The number of amides is 3. The first-order valence-corrected chi connectivity index (χ1v) is 12.1. The number of benzene rings is 2. The SMILES string of the molecule is Cc1nc(NC(=O)Nc2ccc(Cl)cc2)sc1C(=O)NCCc1ccc(S(N)(=O)=O)cc1. The molecule has 0 aliphatic rings. The molecule has 168 valence electrons. The Morgan fingerprint density at radius 1 is 1.06 bits per heavy atom. The Labute approximate surface area is 194 Å². The third-order valence-electron chi connectivity index (χ3n) is 4.28. The standard InChI is InChI=1S/C20H20ClN5O4S2/c1-12-17(18(27)23-11-10-13-2-8-16(9-3-13)32(22,29)30)31-20(24-12)26-19(28)25-15-6-4-14(21)5-7-15/h2-9H,10-11H2,1H3,(H,23,27)(H2,22,29,30)(H2,24,25,26,28). The lowest BCUT2D eigenvalue weighted by molar-refractivity contribution is 0.0957. The number of nitrogens with one attached hydrogen (secondary N) is 3. The van der Waals surface area contributed by atoms with Gasteiger partial charge >= 0.3 is 6.03 Å². The van der Waals surface area contributed by atoms with Crippen LogP contribution in [0.1, 0.15) is 20.9 Å². The maximum Gasteiger partial charge on any atom is 0.325 e. The molecule has 1 heterocycles. The van der Waals surface area contributed by atoms with Crippen molar-refractivity contribution < 1.29 is 18.0 Å². The van der Waals surface area contributed by atoms with Gasteiger partial charge < -0.3 is 10.6 Å². The number of aryl methyl sites for hydroxylation is 1. The Balaban J connectivity index is 1.52. The topological polar surface area (TPSA) is 143 Å². The number of carbonyl (C=O) groups excluding carboxylic acids is 2. The van der Waals surface area contributed by atoms with Crippen molar-refractivity contribution in [3.8, 4) is 0 Å². The number of halogens is 1. The summed E-state index contributed by atoms with van der Waals surface area (Å²) in [6.07, 6.45) is 0.503. The molecule has 0 aliphatic heterocycles. The zero-order chi connectivity index (χ0) is 23.3. The van der Waals surface area contributed by atoms with E-state index in [-0.39, 0.29) is 15.9 Å². The number of urea groups is 1. The van der Waals surface area contributed by atoms with Gasteiger partial charge in [-0.05, 0) is 55.3 Å². The van der Waals surface area contributed by atoms with Crippen molar-refractivity contribution in [2.45, 2.75) is 18.2 Å². The van der Waals surface area contributed by atoms with Gasteiger partial charge in [-0.3, -0.25) is 10.1 Å². The average molecular weight is 494 g/mol. The summed E-state index contributed by atoms with van der Waals surface area (Å²) in [7, 11) is -3.74. The molecule has 0 bridgehead atoms. The Bertz CT molecular complexity index is 1230. The Hall–Kier alpha value is -2.99. The van der Waals surface area contributed by atoms with E-state index in [1.54, 1.807) is 43.3 Å². The summed E-state index contributed by atoms with van der Waals surface area (Å²) in [5.41, 5.74) is 1.90. The fraction of sp³-hybridized carbons (Fsp3) is 0.150. The maximum absolute atomic E-state index is 12.5. The van der Waals surface area contributed by atoms with Gasteiger partial charge in [0.1, 0.15) is 4.88 Å². The number of carbonyl (C=O) groups is 2. The second-order valence-electron chi connectivity index (χ2n) is 6.71. The molecule has 2 aromatic carbocycles. The zero-order valence-corrected chi connectivity index (χ0v) is 19.3. The highest BCUT2D eigenvalue weighted by atomic mass is 35.5. The van der Waals surface area contributed by atoms with Crippen LogP contribution in [0.15, 0.2) is 53.4 Å². The minimum absolute atomic E-state index is 0.0331. The van der Waals surface area contributed by atoms with E-state index in [0.717, 1.165) is 16.9 Å². The van der Waals surface area contributed by atoms with Gasteiger partial charge in [0.05, 0.1) is 10.6 Å². The molecule has 32 heavy (non-hydrogen) atoms. The first-order valence-electron chi connectivity index (χ1n) is 9.33. The molecule has 3 rings (SSSR count). The summed E-state index contributed by atoms with van der Waals surface area (Å²) in [5.74, 6) is -0.313. The highest BCUT2D eigenvalue weighted by molar-refractivity contribution is 7.89. The number of hydrogen-bond acceptors (Lipinski definition) is 6. The first kappa shape index (κ1) is 23.7. The summed E-state index contributed by atoms with van der Waals surface area (Å²) < 4.78 is 22.6. The van der Waals surface area contributed by atoms with Crippen LogP contribution in [0.4, 0.5) is 15.6 Å². The Morgan fingerprint density at radius 2 is 1.72 bits per heavy atom. The van der Waals surface area contributed by atoms with Gasteiger partial charge in [0, 0.05) is 17.3 Å². The van der Waals surface area contributed by atoms with E-state index in [1.807, 2.05) is 0 Å². The van der Waals surface area contributed by atoms with Crippen LogP contribution >= 0.6 is 22.9 Å². The lowest BCUT2D eigenvalue weighted by atomic mass is 10.1. The summed E-state index contributed by atoms with van der Waals surface area (Å²) in [6.45, 7) is 2.02. The number of aromatic nitrogens is 1. The molecule has 0 unspecified atom stereocenters. The number of nitrogens with zero attached hydrogens (tertiary/aromatic N) is 1. The number of primary sulfonamides is 1. The lowest BCUT2D eigenvalue weighted by Crippen LogP contribution is -2.25. The van der Waals surface area contributed by atoms with E-state index in [9.17, 15) is 18.0 Å². The van der Waals surface area contributed by atoms with Gasteiger partial charge in [0.2, 0.25) is 10.0 Å². The highest BCUT2D eigenvalue weighted by Gasteiger charge is 2.16. The van der Waals surface area contributed by atoms with Crippen LogP contribution in [0, 0.1) is 6.92 Å². The van der Waals surface area contributed by atoms with Gasteiger partial charge in [-0.2, -0.15) is 0 Å². The molecule has 0 saturated carbocycles. The normalized spacial score (nSPS) is 11.1. The van der Waals surface area contributed by atoms with E-state index >= 15 is 0 Å². The molecule has 9 nitrogen and oxygen atoms in total. The van der Waals surface area contributed by atoms with Gasteiger partial charge in [-0.1, -0.05) is 35.1 Å². The first-order chi connectivity index (χ1) is 15.1. The predicted molar refractivity (Wildman–Crippen MR) is 125 cm³/mol. The molecule has 0 spiro atoms. The molecule has 0 fully saturated rings. The molecular weight excluding hydrogens is 474 g/mol. The van der Waals surface area contributed by atoms with Gasteiger partial charge in [-0.15, -0.1) is 0 Å². The van der Waals surface area contributed by atoms with Crippen molar-refractivity contribution in [2.24, 2.45) is 5.14 Å². The van der Waals surface area contributed by atoms with E-state index in [2.05, 4.69) is 20.9 Å². The molecule has 0 aliphatic carbocycles. The molecule has 1 aromatic heterocycles. The molecule has 0 radical (unpaired) electrons. The predicted octanol–water partition coefficient (Wildman–Crippen LogP) is 3.37. The second-order valence-corrected chi connectivity index (χ2v) is 9.71. The molecule has 3 amide bonds. The number of sulfonamides is 1. The molecular formula is C20H20ClN5O4S2. The highest BCUT2D eigenvalue weighted by Crippen LogP contribution is 2.23. The summed E-state index contributed by atoms with van der Waals surface area (Å²) in [4.78, 5) is 29.3. The molecule has 0 saturated heterocycles. The minimum Gasteiger partial charge on any atom is -0.351 e. The quantitative estimate of drug-likeness (QED) is 0.399. The van der Waals surface area contributed by atoms with Gasteiger partial charge in [-0.25, -0.2) is 23.3 Å². The van der Waals surface area contributed by atoms with Crippen LogP contribution in [0.5, 0.6) is 0 Å². The Kier molecular flexibility index (Phi) is 7.46. The van der Waals surface area contributed by atoms with E-state index in [1.165, 1.54) is 12.1 Å². The molecule has 0 atom stereocenters. The number of hydrogen-bond donors (Lipinski definition) is 4. The van der Waals surface area contributed by atoms with Crippen LogP contribution in [-0.2, 0) is 16.4 Å². The molecule has 5 N–H and O–H groups in total. The van der Waals surface area contributed by atoms with E-state index in [4.69, 9.17) is 16.7 Å². The summed E-state index contributed by atoms with van der Waals surface area (Å²) >= 11 is 6.88. The third kappa shape index (κ3) is 6.50. The number of thiazole rings is 1. The minimum atomic E-state index is -3.74. The van der Waals surface area contributed by atoms with Crippen molar-refractivity contribution >= 4 is 55.7 Å². The monoisotopic (exact) mass is 493 g/mol. The molecule has 3 aromatic rings. The number of nitrogens with two attached hydrogens (primary N) is 1. The fourth-order valence-electron chi connectivity index (χ4n) is 2.70. The largest absolute Gasteiger partial charge is 0.351 e. The third-order valence-corrected chi connectivity index (χ3v) is 6.53. The second kappa shape index (κ2) is 10.1. The average Bonchev–Trinajstić information content (AvgIpc) is 3.09. The Morgan fingerprint density at radius 3 is 2.34 bits per heavy atom. The van der Waals surface area contributed by atoms with Crippen molar-refractivity contribution in [1.29, 1.82) is 0 Å². The smallest absolute Gasteiger partial charge is 0.325 e. The number of rotatable bonds is 7. The van der Waals surface area contributed by atoms with Gasteiger partial charge in [0.25, 0.3) is 5.91 Å². The van der Waals surface area contributed by atoms with Crippen LogP contribution in [0.2, 0.25) is 5.02 Å². The van der Waals surface area contributed by atoms with Crippen molar-refractivity contribution in [2.75, 3.05) is 17.2 Å². The van der Waals surface area contributed by atoms with Crippen molar-refractivity contribution in [1.82, 2.24) is 10.3 Å². The van der Waals surface area contributed by atoms with Gasteiger partial charge in [0.15, 0.2) is 5.13 Å².